The number of nitrogens with zero attached hydrogens (tertiary/aromatic N) is 1. The van der Waals surface area contributed by atoms with Crippen LogP contribution in [-0.4, -0.2) is 4.98 Å². The van der Waals surface area contributed by atoms with Crippen molar-refractivity contribution in [2.24, 2.45) is 0 Å². The van der Waals surface area contributed by atoms with E-state index in [0.29, 0.717) is 11.8 Å². The molecule has 0 amide bonds. The minimum absolute atomic E-state index is 0.504. The molecule has 0 bridgehead atoms. The third-order valence-electron chi connectivity index (χ3n) is 2.62. The molecule has 2 aromatic rings. The third kappa shape index (κ3) is 1.91. The fraction of sp³-hybridized carbons (Fsp3) is 0.462. The number of rotatable bonds is 2. The summed E-state index contributed by atoms with van der Waals surface area (Å²) in [6, 6.07) is 4.42. The van der Waals surface area contributed by atoms with E-state index in [1.807, 2.05) is 0 Å². The maximum atomic E-state index is 4.78. The van der Waals surface area contributed by atoms with Gasteiger partial charge in [0.1, 0.15) is 0 Å². The molecule has 0 fully saturated rings. The van der Waals surface area contributed by atoms with E-state index >= 15 is 0 Å². The van der Waals surface area contributed by atoms with Crippen LogP contribution in [0.25, 0.3) is 10.1 Å². The maximum absolute atomic E-state index is 4.78. The Bertz CT molecular complexity index is 468. The van der Waals surface area contributed by atoms with Crippen molar-refractivity contribution in [1.82, 2.24) is 4.98 Å². The highest BCUT2D eigenvalue weighted by Gasteiger charge is 2.11. The normalized spacial score (nSPS) is 11.9. The maximum Gasteiger partial charge on any atom is 0.0610 e. The molecule has 2 heteroatoms. The standard InChI is InChI=1S/C13H17NS/c1-8(2)11-7-10-5-6-15-13(10)12(14-11)9(3)4/h5-9H,1-4H3. The molecule has 0 aliphatic carbocycles. The Balaban J connectivity index is 2.69. The molecule has 80 valence electrons. The summed E-state index contributed by atoms with van der Waals surface area (Å²) >= 11 is 1.80. The fourth-order valence-electron chi connectivity index (χ4n) is 1.71. The summed E-state index contributed by atoms with van der Waals surface area (Å²) in [6.07, 6.45) is 0. The molecule has 0 unspecified atom stereocenters. The van der Waals surface area contributed by atoms with Crippen molar-refractivity contribution in [3.05, 3.63) is 28.9 Å². The van der Waals surface area contributed by atoms with Crippen molar-refractivity contribution in [3.63, 3.8) is 0 Å². The molecule has 2 aromatic heterocycles. The average Bonchev–Trinajstić information content (AvgIpc) is 2.62. The van der Waals surface area contributed by atoms with Gasteiger partial charge in [0.25, 0.3) is 0 Å². The van der Waals surface area contributed by atoms with E-state index in [1.54, 1.807) is 11.3 Å². The van der Waals surface area contributed by atoms with Gasteiger partial charge in [-0.25, -0.2) is 0 Å². The first-order valence-corrected chi connectivity index (χ1v) is 6.35. The minimum atomic E-state index is 0.504. The third-order valence-corrected chi connectivity index (χ3v) is 3.57. The van der Waals surface area contributed by atoms with Crippen LogP contribution in [0, 0.1) is 0 Å². The van der Waals surface area contributed by atoms with Gasteiger partial charge in [0, 0.05) is 5.69 Å². The topological polar surface area (TPSA) is 12.9 Å². The van der Waals surface area contributed by atoms with Gasteiger partial charge in [0.05, 0.1) is 10.4 Å². The van der Waals surface area contributed by atoms with Gasteiger partial charge in [-0.3, -0.25) is 4.98 Å². The smallest absolute Gasteiger partial charge is 0.0610 e. The van der Waals surface area contributed by atoms with E-state index in [0.717, 1.165) is 0 Å². The lowest BCUT2D eigenvalue weighted by Gasteiger charge is -2.11. The molecular formula is C13H17NS. The molecule has 15 heavy (non-hydrogen) atoms. The van der Waals surface area contributed by atoms with Crippen LogP contribution in [0.1, 0.15) is 50.9 Å². The molecule has 0 aromatic carbocycles. The van der Waals surface area contributed by atoms with Crippen LogP contribution in [0.2, 0.25) is 0 Å². The largest absolute Gasteiger partial charge is 0.256 e. The zero-order valence-electron chi connectivity index (χ0n) is 9.74. The molecule has 0 atom stereocenters. The van der Waals surface area contributed by atoms with Gasteiger partial charge < -0.3 is 0 Å². The second-order valence-corrected chi connectivity index (χ2v) is 5.50. The van der Waals surface area contributed by atoms with Crippen molar-refractivity contribution in [3.8, 4) is 0 Å². The Morgan fingerprint density at radius 1 is 1.13 bits per heavy atom. The molecule has 2 heterocycles. The van der Waals surface area contributed by atoms with E-state index in [1.165, 1.54) is 21.5 Å². The van der Waals surface area contributed by atoms with E-state index in [-0.39, 0.29) is 0 Å². The zero-order valence-corrected chi connectivity index (χ0v) is 10.6. The van der Waals surface area contributed by atoms with Crippen LogP contribution in [-0.2, 0) is 0 Å². The molecule has 0 N–H and O–H groups in total. The molecule has 2 rings (SSSR count). The summed E-state index contributed by atoms with van der Waals surface area (Å²) in [5.74, 6) is 1.01. The molecule has 0 aliphatic heterocycles. The first kappa shape index (κ1) is 10.6. The summed E-state index contributed by atoms with van der Waals surface area (Å²) < 4.78 is 1.36. The van der Waals surface area contributed by atoms with Crippen molar-refractivity contribution in [2.45, 2.75) is 39.5 Å². The predicted molar refractivity (Wildman–Crippen MR) is 67.8 cm³/mol. The van der Waals surface area contributed by atoms with E-state index in [4.69, 9.17) is 4.98 Å². The van der Waals surface area contributed by atoms with E-state index < -0.39 is 0 Å². The molecule has 0 radical (unpaired) electrons. The Morgan fingerprint density at radius 3 is 2.47 bits per heavy atom. The van der Waals surface area contributed by atoms with E-state index in [9.17, 15) is 0 Å². The second-order valence-electron chi connectivity index (χ2n) is 4.58. The minimum Gasteiger partial charge on any atom is -0.256 e. The first-order valence-electron chi connectivity index (χ1n) is 5.47. The Hall–Kier alpha value is -0.890. The summed E-state index contributed by atoms with van der Waals surface area (Å²) in [7, 11) is 0. The molecule has 0 saturated heterocycles. The first-order chi connectivity index (χ1) is 7.09. The van der Waals surface area contributed by atoms with Crippen LogP contribution in [0.3, 0.4) is 0 Å². The monoisotopic (exact) mass is 219 g/mol. The van der Waals surface area contributed by atoms with Gasteiger partial charge in [0.15, 0.2) is 0 Å². The number of hydrogen-bond acceptors (Lipinski definition) is 2. The van der Waals surface area contributed by atoms with Gasteiger partial charge in [-0.15, -0.1) is 11.3 Å². The average molecular weight is 219 g/mol. The highest BCUT2D eigenvalue weighted by atomic mass is 32.1. The predicted octanol–water partition coefficient (Wildman–Crippen LogP) is 4.54. The SMILES string of the molecule is CC(C)c1cc2ccsc2c(C(C)C)n1. The number of hydrogen-bond donors (Lipinski definition) is 0. The number of pyridine rings is 1. The number of thiophene rings is 1. The molecule has 0 saturated carbocycles. The molecule has 0 spiro atoms. The zero-order chi connectivity index (χ0) is 11.0. The molecule has 0 aliphatic rings. The summed E-state index contributed by atoms with van der Waals surface area (Å²) in [4.78, 5) is 4.78. The lowest BCUT2D eigenvalue weighted by Crippen LogP contribution is -1.99. The highest BCUT2D eigenvalue weighted by molar-refractivity contribution is 7.17. The highest BCUT2D eigenvalue weighted by Crippen LogP contribution is 2.30. The second kappa shape index (κ2) is 3.93. The van der Waals surface area contributed by atoms with Crippen LogP contribution in [0.15, 0.2) is 17.5 Å². The van der Waals surface area contributed by atoms with Crippen LogP contribution in [0.4, 0.5) is 0 Å². The molecule has 1 nitrogen and oxygen atoms in total. The quantitative estimate of drug-likeness (QED) is 0.722. The van der Waals surface area contributed by atoms with E-state index in [2.05, 4.69) is 45.2 Å². The van der Waals surface area contributed by atoms with Crippen LogP contribution >= 0.6 is 11.3 Å². The van der Waals surface area contributed by atoms with Gasteiger partial charge in [-0.05, 0) is 34.7 Å². The van der Waals surface area contributed by atoms with Crippen molar-refractivity contribution in [1.29, 1.82) is 0 Å². The van der Waals surface area contributed by atoms with Gasteiger partial charge >= 0.3 is 0 Å². The Kier molecular flexibility index (Phi) is 2.79. The molecular weight excluding hydrogens is 202 g/mol. The lowest BCUT2D eigenvalue weighted by molar-refractivity contribution is 0.776. The van der Waals surface area contributed by atoms with Gasteiger partial charge in [-0.2, -0.15) is 0 Å². The summed E-state index contributed by atoms with van der Waals surface area (Å²) in [6.45, 7) is 8.83. The van der Waals surface area contributed by atoms with Gasteiger partial charge in [-0.1, -0.05) is 27.7 Å². The lowest BCUT2D eigenvalue weighted by atomic mass is 10.0. The van der Waals surface area contributed by atoms with Crippen LogP contribution in [0.5, 0.6) is 0 Å². The van der Waals surface area contributed by atoms with Crippen LogP contribution < -0.4 is 0 Å². The van der Waals surface area contributed by atoms with Crippen molar-refractivity contribution >= 4 is 21.4 Å². The van der Waals surface area contributed by atoms with Gasteiger partial charge in [0.2, 0.25) is 0 Å². The Morgan fingerprint density at radius 2 is 1.87 bits per heavy atom. The van der Waals surface area contributed by atoms with Crippen molar-refractivity contribution in [2.75, 3.05) is 0 Å². The summed E-state index contributed by atoms with van der Waals surface area (Å²) in [5.41, 5.74) is 2.47. The number of aromatic nitrogens is 1. The summed E-state index contributed by atoms with van der Waals surface area (Å²) in [5, 5.41) is 3.50. The number of fused-ring (bicyclic) bond motifs is 1. The fourth-order valence-corrected chi connectivity index (χ4v) is 2.73. The Labute approximate surface area is 95.2 Å². The van der Waals surface area contributed by atoms with Crippen molar-refractivity contribution < 1.29 is 0 Å².